The first kappa shape index (κ1) is 13.8. The SMILES string of the molecule is CN(C)C(C)(C)CNCc1cccc(O)c1O. The summed E-state index contributed by atoms with van der Waals surface area (Å²) < 4.78 is 0. The Bertz CT molecular complexity index is 376. The van der Waals surface area contributed by atoms with Crippen molar-refractivity contribution in [1.82, 2.24) is 10.2 Å². The summed E-state index contributed by atoms with van der Waals surface area (Å²) in [4.78, 5) is 2.14. The van der Waals surface area contributed by atoms with Crippen LogP contribution in [0.5, 0.6) is 11.5 Å². The molecule has 0 aromatic heterocycles. The molecule has 3 N–H and O–H groups in total. The van der Waals surface area contributed by atoms with Crippen molar-refractivity contribution in [3.05, 3.63) is 23.8 Å². The predicted octanol–water partition coefficient (Wildman–Crippen LogP) is 1.53. The average molecular weight is 238 g/mol. The maximum atomic E-state index is 9.64. The predicted molar refractivity (Wildman–Crippen MR) is 69.2 cm³/mol. The zero-order valence-corrected chi connectivity index (χ0v) is 11.0. The highest BCUT2D eigenvalue weighted by Gasteiger charge is 2.19. The Labute approximate surface area is 103 Å². The second-order valence-electron chi connectivity index (χ2n) is 5.10. The number of benzene rings is 1. The number of aromatic hydroxyl groups is 2. The van der Waals surface area contributed by atoms with Gasteiger partial charge in [-0.25, -0.2) is 0 Å². The molecule has 4 heteroatoms. The smallest absolute Gasteiger partial charge is 0.161 e. The third kappa shape index (κ3) is 3.61. The molecule has 0 radical (unpaired) electrons. The van der Waals surface area contributed by atoms with E-state index in [-0.39, 0.29) is 17.0 Å². The Kier molecular flexibility index (Phi) is 4.37. The minimum Gasteiger partial charge on any atom is -0.504 e. The van der Waals surface area contributed by atoms with Crippen LogP contribution in [0.3, 0.4) is 0 Å². The summed E-state index contributed by atoms with van der Waals surface area (Å²) >= 11 is 0. The molecule has 1 rings (SSSR count). The van der Waals surface area contributed by atoms with Crippen LogP contribution in [0.2, 0.25) is 0 Å². The highest BCUT2D eigenvalue weighted by Crippen LogP contribution is 2.27. The second kappa shape index (κ2) is 5.38. The highest BCUT2D eigenvalue weighted by atomic mass is 16.3. The molecule has 0 unspecified atom stereocenters. The Morgan fingerprint density at radius 1 is 1.24 bits per heavy atom. The normalized spacial score (nSPS) is 12.1. The fraction of sp³-hybridized carbons (Fsp3) is 0.538. The molecular weight excluding hydrogens is 216 g/mol. The van der Waals surface area contributed by atoms with Gasteiger partial charge in [-0.15, -0.1) is 0 Å². The van der Waals surface area contributed by atoms with E-state index in [1.165, 1.54) is 6.07 Å². The van der Waals surface area contributed by atoms with E-state index < -0.39 is 0 Å². The van der Waals surface area contributed by atoms with Crippen molar-refractivity contribution in [2.24, 2.45) is 0 Å². The first-order chi connectivity index (χ1) is 7.84. The van der Waals surface area contributed by atoms with Crippen molar-refractivity contribution in [3.8, 4) is 11.5 Å². The molecular formula is C13H22N2O2. The third-order valence-electron chi connectivity index (χ3n) is 3.18. The number of phenols is 2. The van der Waals surface area contributed by atoms with Crippen molar-refractivity contribution in [1.29, 1.82) is 0 Å². The van der Waals surface area contributed by atoms with Crippen LogP contribution in [-0.4, -0.2) is 41.3 Å². The number of rotatable bonds is 5. The van der Waals surface area contributed by atoms with Gasteiger partial charge in [0.05, 0.1) is 0 Å². The van der Waals surface area contributed by atoms with Gasteiger partial charge in [-0.2, -0.15) is 0 Å². The summed E-state index contributed by atoms with van der Waals surface area (Å²) in [6, 6.07) is 5.00. The van der Waals surface area contributed by atoms with Crippen LogP contribution in [0.1, 0.15) is 19.4 Å². The molecule has 0 heterocycles. The summed E-state index contributed by atoms with van der Waals surface area (Å²) in [6.07, 6.45) is 0. The number of likely N-dealkylation sites (N-methyl/N-ethyl adjacent to an activating group) is 1. The molecule has 0 aliphatic heterocycles. The lowest BCUT2D eigenvalue weighted by Gasteiger charge is -2.32. The van der Waals surface area contributed by atoms with Crippen LogP contribution < -0.4 is 5.32 Å². The zero-order chi connectivity index (χ0) is 13.1. The number of para-hydroxylation sites is 1. The lowest BCUT2D eigenvalue weighted by Crippen LogP contribution is -2.46. The van der Waals surface area contributed by atoms with Crippen molar-refractivity contribution in [2.45, 2.75) is 25.9 Å². The maximum absolute atomic E-state index is 9.64. The molecule has 0 fully saturated rings. The summed E-state index contributed by atoms with van der Waals surface area (Å²) in [5.41, 5.74) is 0.756. The number of hydrogen-bond acceptors (Lipinski definition) is 4. The summed E-state index contributed by atoms with van der Waals surface area (Å²) in [7, 11) is 4.07. The molecule has 0 bridgehead atoms. The number of phenolic OH excluding ortho intramolecular Hbond substituents is 2. The van der Waals surface area contributed by atoms with E-state index in [4.69, 9.17) is 0 Å². The van der Waals surface area contributed by atoms with E-state index in [0.29, 0.717) is 12.1 Å². The zero-order valence-electron chi connectivity index (χ0n) is 11.0. The molecule has 1 aromatic carbocycles. The molecule has 96 valence electrons. The van der Waals surface area contributed by atoms with Crippen LogP contribution >= 0.6 is 0 Å². The maximum Gasteiger partial charge on any atom is 0.161 e. The molecule has 0 spiro atoms. The van der Waals surface area contributed by atoms with Gasteiger partial charge < -0.3 is 20.4 Å². The van der Waals surface area contributed by atoms with Crippen molar-refractivity contribution in [3.63, 3.8) is 0 Å². The van der Waals surface area contributed by atoms with E-state index in [0.717, 1.165) is 6.54 Å². The third-order valence-corrected chi connectivity index (χ3v) is 3.18. The number of nitrogens with zero attached hydrogens (tertiary/aromatic N) is 1. The van der Waals surface area contributed by atoms with Crippen molar-refractivity contribution >= 4 is 0 Å². The summed E-state index contributed by atoms with van der Waals surface area (Å²) in [5.74, 6) is -0.112. The van der Waals surface area contributed by atoms with Gasteiger partial charge in [0.2, 0.25) is 0 Å². The molecule has 0 saturated heterocycles. The Hall–Kier alpha value is -1.26. The summed E-state index contributed by atoms with van der Waals surface area (Å²) in [6.45, 7) is 5.62. The quantitative estimate of drug-likeness (QED) is 0.681. The van der Waals surface area contributed by atoms with Gasteiger partial charge in [-0.05, 0) is 34.0 Å². The fourth-order valence-corrected chi connectivity index (χ4v) is 1.38. The van der Waals surface area contributed by atoms with Gasteiger partial charge >= 0.3 is 0 Å². The molecule has 1 aromatic rings. The molecule has 17 heavy (non-hydrogen) atoms. The van der Waals surface area contributed by atoms with Gasteiger partial charge in [0.15, 0.2) is 11.5 Å². The second-order valence-corrected chi connectivity index (χ2v) is 5.10. The highest BCUT2D eigenvalue weighted by molar-refractivity contribution is 5.44. The van der Waals surface area contributed by atoms with Crippen LogP contribution in [0, 0.1) is 0 Å². The van der Waals surface area contributed by atoms with Crippen LogP contribution in [0.25, 0.3) is 0 Å². The van der Waals surface area contributed by atoms with Crippen LogP contribution in [-0.2, 0) is 6.54 Å². The topological polar surface area (TPSA) is 55.7 Å². The van der Waals surface area contributed by atoms with E-state index in [1.807, 2.05) is 14.1 Å². The monoisotopic (exact) mass is 238 g/mol. The Morgan fingerprint density at radius 2 is 1.88 bits per heavy atom. The van der Waals surface area contributed by atoms with Gasteiger partial charge in [-0.1, -0.05) is 12.1 Å². The lowest BCUT2D eigenvalue weighted by molar-refractivity contribution is 0.189. The Morgan fingerprint density at radius 3 is 2.47 bits per heavy atom. The largest absolute Gasteiger partial charge is 0.504 e. The minimum atomic E-state index is -0.0730. The number of nitrogens with one attached hydrogen (secondary N) is 1. The van der Waals surface area contributed by atoms with Crippen LogP contribution in [0.15, 0.2) is 18.2 Å². The van der Waals surface area contributed by atoms with Gasteiger partial charge in [0, 0.05) is 24.2 Å². The first-order valence-corrected chi connectivity index (χ1v) is 5.72. The van der Waals surface area contributed by atoms with E-state index in [1.54, 1.807) is 12.1 Å². The Balaban J connectivity index is 2.55. The van der Waals surface area contributed by atoms with Crippen molar-refractivity contribution in [2.75, 3.05) is 20.6 Å². The molecule has 0 atom stereocenters. The molecule has 0 amide bonds. The van der Waals surface area contributed by atoms with Gasteiger partial charge in [-0.3, -0.25) is 0 Å². The van der Waals surface area contributed by atoms with E-state index >= 15 is 0 Å². The fourth-order valence-electron chi connectivity index (χ4n) is 1.38. The van der Waals surface area contributed by atoms with E-state index in [9.17, 15) is 10.2 Å². The van der Waals surface area contributed by atoms with Crippen molar-refractivity contribution < 1.29 is 10.2 Å². The van der Waals surface area contributed by atoms with Crippen LogP contribution in [0.4, 0.5) is 0 Å². The summed E-state index contributed by atoms with van der Waals surface area (Å²) in [5, 5.41) is 22.3. The van der Waals surface area contributed by atoms with Gasteiger partial charge in [0.25, 0.3) is 0 Å². The first-order valence-electron chi connectivity index (χ1n) is 5.72. The molecule has 0 aliphatic rings. The van der Waals surface area contributed by atoms with Gasteiger partial charge in [0.1, 0.15) is 0 Å². The van der Waals surface area contributed by atoms with E-state index in [2.05, 4.69) is 24.1 Å². The molecule has 0 aliphatic carbocycles. The average Bonchev–Trinajstić information content (AvgIpc) is 2.24. The molecule has 4 nitrogen and oxygen atoms in total. The lowest BCUT2D eigenvalue weighted by atomic mass is 10.0. The number of hydrogen-bond donors (Lipinski definition) is 3. The minimum absolute atomic E-state index is 0.0392. The standard InChI is InChI=1S/C13H22N2O2/c1-13(2,15(3)4)9-14-8-10-6-5-7-11(16)12(10)17/h5-7,14,16-17H,8-9H2,1-4H3. The molecule has 0 saturated carbocycles.